The third-order valence-corrected chi connectivity index (χ3v) is 10.4. The number of pyridine rings is 2. The van der Waals surface area contributed by atoms with Crippen LogP contribution in [0, 0.1) is 0 Å². The third kappa shape index (κ3) is 19.5. The summed E-state index contributed by atoms with van der Waals surface area (Å²) in [6.07, 6.45) is 12.6. The monoisotopic (exact) mass is 977 g/mol. The fourth-order valence-electron chi connectivity index (χ4n) is 6.20. The molecule has 0 spiro atoms. The number of hydrazine groups is 1. The summed E-state index contributed by atoms with van der Waals surface area (Å²) in [7, 11) is 4.06. The molecule has 0 radical (unpaired) electrons. The maximum absolute atomic E-state index is 4.35. The van der Waals surface area contributed by atoms with Crippen LogP contribution in [-0.4, -0.2) is 50.6 Å². The highest BCUT2D eigenvalue weighted by Gasteiger charge is 2.04. The van der Waals surface area contributed by atoms with Gasteiger partial charge in [0.25, 0.3) is 0 Å². The van der Waals surface area contributed by atoms with Gasteiger partial charge in [-0.25, -0.2) is 4.57 Å². The van der Waals surface area contributed by atoms with Crippen LogP contribution in [0.25, 0.3) is 0 Å². The molecule has 334 valence electrons. The second kappa shape index (κ2) is 30.4. The minimum Gasteiger partial charge on any atom is -1.00 e. The predicted octanol–water partition coefficient (Wildman–Crippen LogP) is 10.7. The lowest BCUT2D eigenvalue weighted by Crippen LogP contribution is -3.00. The molecule has 11 nitrogen and oxygen atoms in total. The minimum absolute atomic E-state index is 0. The molecule has 13 heteroatoms. The summed E-state index contributed by atoms with van der Waals surface area (Å²) < 4.78 is 2.21. The summed E-state index contributed by atoms with van der Waals surface area (Å²) in [5, 5.41) is 18.2. The molecule has 0 fully saturated rings. The first-order valence-corrected chi connectivity index (χ1v) is 22.8. The number of aryl methyl sites for hydroxylation is 1. The van der Waals surface area contributed by atoms with E-state index in [1.807, 2.05) is 105 Å². The maximum Gasteiger partial charge on any atom is 0.171 e. The molecule has 0 amide bonds. The van der Waals surface area contributed by atoms with Gasteiger partial charge in [-0.3, -0.25) is 4.98 Å². The van der Waals surface area contributed by atoms with Crippen LogP contribution in [-0.2, 0) is 6.54 Å². The van der Waals surface area contributed by atoms with E-state index in [-0.39, 0.29) is 17.0 Å². The zero-order valence-electron chi connectivity index (χ0n) is 37.8. The number of hydrogen-bond donors (Lipinski definition) is 2. The number of benzene rings is 4. The summed E-state index contributed by atoms with van der Waals surface area (Å²) in [6, 6.07) is 42.4. The topological polar surface area (TPSA) is 100.0 Å². The van der Waals surface area contributed by atoms with E-state index in [0.29, 0.717) is 0 Å². The van der Waals surface area contributed by atoms with Gasteiger partial charge in [0, 0.05) is 93.6 Å². The van der Waals surface area contributed by atoms with Gasteiger partial charge in [-0.15, -0.1) is 0 Å². The number of hydrogen-bond acceptors (Lipinski definition) is 10. The first-order valence-electron chi connectivity index (χ1n) is 21.7. The molecule has 0 saturated heterocycles. The van der Waals surface area contributed by atoms with Crippen LogP contribution in [0.1, 0.15) is 53.4 Å². The molecule has 2 heterocycles. The van der Waals surface area contributed by atoms with E-state index in [9.17, 15) is 0 Å². The van der Waals surface area contributed by atoms with E-state index < -0.39 is 0 Å². The standard InChI is InChI=1S/C21H30BrN4.C15H18N4.C14H17N3.BrH/c1-3-26(4-2)21-11-9-19(10-12-21)23-24-20-13-17-25(18-14-20)16-8-6-5-7-15-22;1-3-19(4-2)15-7-5-13(6-8-15)17-18-14-9-11-16-12-10-14;1-17(2)14-10-8-13(9-11-14)16-15-12-6-4-3-5-7-12;/h9-14,17-18H,3-8,15-16H2,1-2H3;5-12H,3-4H2,1-2H3;3-11,15-16H,1-2H3;1H/q+1;;;/p-1. The van der Waals surface area contributed by atoms with E-state index in [1.165, 1.54) is 42.7 Å². The van der Waals surface area contributed by atoms with Crippen LogP contribution in [0.2, 0.25) is 0 Å². The molecule has 0 saturated carbocycles. The largest absolute Gasteiger partial charge is 1.00 e. The molecule has 0 aliphatic carbocycles. The van der Waals surface area contributed by atoms with Gasteiger partial charge in [0.15, 0.2) is 12.4 Å². The molecular weight excluding hydrogens is 914 g/mol. The van der Waals surface area contributed by atoms with Crippen molar-refractivity contribution in [3.05, 3.63) is 152 Å². The van der Waals surface area contributed by atoms with Crippen molar-refractivity contribution >= 4 is 67.1 Å². The van der Waals surface area contributed by atoms with Crippen LogP contribution in [0.4, 0.5) is 51.2 Å². The fourth-order valence-corrected chi connectivity index (χ4v) is 6.59. The van der Waals surface area contributed by atoms with E-state index in [0.717, 1.165) is 72.2 Å². The summed E-state index contributed by atoms with van der Waals surface area (Å²) in [5.41, 5.74) is 15.4. The lowest BCUT2D eigenvalue weighted by molar-refractivity contribution is -0.697. The number of rotatable bonds is 20. The Morgan fingerprint density at radius 1 is 0.492 bits per heavy atom. The van der Waals surface area contributed by atoms with Crippen molar-refractivity contribution in [2.24, 2.45) is 20.5 Å². The number of halogens is 2. The quantitative estimate of drug-likeness (QED) is 0.0260. The van der Waals surface area contributed by atoms with Crippen molar-refractivity contribution in [2.75, 3.05) is 71.2 Å². The lowest BCUT2D eigenvalue weighted by Gasteiger charge is -2.20. The van der Waals surface area contributed by atoms with Crippen LogP contribution in [0.5, 0.6) is 0 Å². The molecule has 6 aromatic rings. The number of para-hydroxylation sites is 1. The molecule has 0 aliphatic heterocycles. The molecule has 63 heavy (non-hydrogen) atoms. The number of azo groups is 2. The van der Waals surface area contributed by atoms with Gasteiger partial charge in [0.2, 0.25) is 0 Å². The lowest BCUT2D eigenvalue weighted by atomic mass is 10.2. The van der Waals surface area contributed by atoms with Gasteiger partial charge in [0.05, 0.1) is 34.1 Å². The van der Waals surface area contributed by atoms with Gasteiger partial charge < -0.3 is 42.5 Å². The van der Waals surface area contributed by atoms with Gasteiger partial charge >= 0.3 is 0 Å². The number of nitrogens with one attached hydrogen (secondary N) is 2. The first-order chi connectivity index (χ1) is 30.3. The number of nitrogens with zero attached hydrogens (tertiary/aromatic N) is 9. The van der Waals surface area contributed by atoms with Crippen LogP contribution in [0.15, 0.2) is 173 Å². The molecule has 6 rings (SSSR count). The Kier molecular flexibility index (Phi) is 24.9. The van der Waals surface area contributed by atoms with Crippen molar-refractivity contribution in [1.82, 2.24) is 4.98 Å². The van der Waals surface area contributed by atoms with E-state index in [1.54, 1.807) is 12.4 Å². The predicted molar refractivity (Wildman–Crippen MR) is 266 cm³/mol. The SMILES string of the molecule is CCN(CC)c1ccc(N=Nc2cc[n+](CCCCCCBr)cc2)cc1.CCN(CC)c1ccc(N=Nc2ccncc2)cc1.CN(C)c1ccc(NNc2ccccc2)cc1.[Br-]. The second-order valence-corrected chi connectivity index (χ2v) is 15.2. The Bertz CT molecular complexity index is 2110. The Morgan fingerprint density at radius 3 is 1.35 bits per heavy atom. The molecule has 0 aliphatic rings. The van der Waals surface area contributed by atoms with Crippen molar-refractivity contribution < 1.29 is 21.5 Å². The fraction of sp³-hybridized carbons (Fsp3) is 0.320. The maximum atomic E-state index is 4.35. The van der Waals surface area contributed by atoms with E-state index in [4.69, 9.17) is 0 Å². The van der Waals surface area contributed by atoms with Crippen molar-refractivity contribution in [1.29, 1.82) is 0 Å². The summed E-state index contributed by atoms with van der Waals surface area (Å²) in [4.78, 5) is 10.6. The van der Waals surface area contributed by atoms with Gasteiger partial charge in [-0.05, 0) is 138 Å². The molecule has 4 aromatic carbocycles. The van der Waals surface area contributed by atoms with Crippen LogP contribution < -0.4 is 47.1 Å². The van der Waals surface area contributed by atoms with Crippen LogP contribution >= 0.6 is 15.9 Å². The Balaban J connectivity index is 0.000000256. The smallest absolute Gasteiger partial charge is 0.171 e. The minimum atomic E-state index is 0. The highest BCUT2D eigenvalue weighted by atomic mass is 79.9. The third-order valence-electron chi connectivity index (χ3n) is 9.86. The van der Waals surface area contributed by atoms with E-state index >= 15 is 0 Å². The molecule has 0 bridgehead atoms. The zero-order chi connectivity index (χ0) is 44.2. The number of alkyl halides is 1. The van der Waals surface area contributed by atoms with Crippen molar-refractivity contribution in [3.63, 3.8) is 0 Å². The first kappa shape index (κ1) is 51.7. The number of unbranched alkanes of at least 4 members (excludes halogenated alkanes) is 3. The second-order valence-electron chi connectivity index (χ2n) is 14.4. The molecule has 0 atom stereocenters. The average molecular weight is 980 g/mol. The summed E-state index contributed by atoms with van der Waals surface area (Å²) in [5.74, 6) is 0. The van der Waals surface area contributed by atoms with Gasteiger partial charge in [-0.1, -0.05) is 40.5 Å². The normalized spacial score (nSPS) is 10.5. The molecular formula is C50H65Br2N11. The van der Waals surface area contributed by atoms with Gasteiger partial charge in [-0.2, -0.15) is 20.5 Å². The average Bonchev–Trinajstić information content (AvgIpc) is 3.32. The number of anilines is 5. The highest BCUT2D eigenvalue weighted by molar-refractivity contribution is 9.09. The van der Waals surface area contributed by atoms with E-state index in [2.05, 4.69) is 148 Å². The highest BCUT2D eigenvalue weighted by Crippen LogP contribution is 2.23. The Hall–Kier alpha value is -5.66. The van der Waals surface area contributed by atoms with Crippen molar-refractivity contribution in [3.8, 4) is 0 Å². The summed E-state index contributed by atoms with van der Waals surface area (Å²) >= 11 is 3.48. The molecule has 2 N–H and O–H groups in total. The number of aromatic nitrogens is 2. The zero-order valence-corrected chi connectivity index (χ0v) is 41.0. The van der Waals surface area contributed by atoms with Gasteiger partial charge in [0.1, 0.15) is 6.54 Å². The molecule has 2 aromatic heterocycles. The van der Waals surface area contributed by atoms with Crippen LogP contribution in [0.3, 0.4) is 0 Å². The van der Waals surface area contributed by atoms with Crippen molar-refractivity contribution in [2.45, 2.75) is 59.9 Å². The Morgan fingerprint density at radius 2 is 0.905 bits per heavy atom. The Labute approximate surface area is 395 Å². The molecule has 0 unspecified atom stereocenters. The summed E-state index contributed by atoms with van der Waals surface area (Å²) in [6.45, 7) is 13.7.